The van der Waals surface area contributed by atoms with Gasteiger partial charge in [0, 0.05) is 39.4 Å². The first-order valence-electron chi connectivity index (χ1n) is 10.8. The largest absolute Gasteiger partial charge is 0.352 e. The maximum Gasteiger partial charge on any atom is 0.312 e. The normalized spacial score (nSPS) is 35.8. The van der Waals surface area contributed by atoms with Crippen molar-refractivity contribution >= 4 is 87.4 Å². The zero-order valence-corrected chi connectivity index (χ0v) is 22.2. The first kappa shape index (κ1) is 22.0. The van der Waals surface area contributed by atoms with Gasteiger partial charge in [-0.3, -0.25) is 4.79 Å². The van der Waals surface area contributed by atoms with E-state index < -0.39 is 11.6 Å². The number of hydrogen-bond acceptors (Lipinski definition) is 8. The lowest BCUT2D eigenvalue weighted by molar-refractivity contribution is -0.123. The molecule has 6 rings (SSSR count). The SMILES string of the molecule is CCCCC(=O)NC12CC(NC(N)=O)CC3SSC4=C5C1=c1ssc1=C/C4=C\SSC3C52. The van der Waals surface area contributed by atoms with Gasteiger partial charge in [-0.25, -0.2) is 4.79 Å². The predicted octanol–water partition coefficient (Wildman–Crippen LogP) is 3.93. The first-order valence-corrected chi connectivity index (χ1v) is 17.4. The van der Waals surface area contributed by atoms with Crippen LogP contribution in [-0.2, 0) is 4.79 Å². The van der Waals surface area contributed by atoms with Crippen molar-refractivity contribution in [3.63, 3.8) is 0 Å². The quantitative estimate of drug-likeness (QED) is 0.490. The van der Waals surface area contributed by atoms with Crippen molar-refractivity contribution in [1.82, 2.24) is 10.6 Å². The Kier molecular flexibility index (Phi) is 5.74. The molecule has 2 fully saturated rings. The Bertz CT molecular complexity index is 1180. The van der Waals surface area contributed by atoms with E-state index >= 15 is 0 Å². The van der Waals surface area contributed by atoms with Crippen molar-refractivity contribution in [1.29, 1.82) is 0 Å². The van der Waals surface area contributed by atoms with E-state index in [1.54, 1.807) is 0 Å². The Labute approximate surface area is 209 Å². The topological polar surface area (TPSA) is 84.2 Å². The fourth-order valence-corrected chi connectivity index (χ4v) is 14.5. The molecule has 0 aromatic carbocycles. The number of hydrogen-bond donors (Lipinski definition) is 3. The molecule has 0 radical (unpaired) electrons. The molecule has 5 unspecified atom stereocenters. The molecule has 5 aliphatic rings. The number of carbonyl (C=O) groups excluding carboxylic acids is 2. The standard InChI is InChI=1S/C21H23N3O2S6/c1-2-3-4-13(25)24-21-7-10(23-20(22)26)6-12-18-15(21)14-16(21)19-11(28-32-19)5-9(8-27-30-18)17(14)31-29-12/h5,8,10,12,15,18H,2-4,6-7H2,1H3,(H,24,25)(H3,22,23,26)/b9-8+. The maximum absolute atomic E-state index is 13.2. The zero-order valence-electron chi connectivity index (χ0n) is 17.3. The summed E-state index contributed by atoms with van der Waals surface area (Å²) in [5, 5.41) is 9.62. The number of allylic oxidation sites excluding steroid dienone is 1. The van der Waals surface area contributed by atoms with Crippen LogP contribution in [0.3, 0.4) is 0 Å². The molecule has 0 spiro atoms. The molecule has 11 heteroatoms. The molecule has 170 valence electrons. The third kappa shape index (κ3) is 3.29. The van der Waals surface area contributed by atoms with Gasteiger partial charge in [-0.05, 0) is 41.9 Å². The molecule has 2 aliphatic heterocycles. The highest BCUT2D eigenvalue weighted by atomic mass is 33.1. The highest BCUT2D eigenvalue weighted by Gasteiger charge is 2.65. The lowest BCUT2D eigenvalue weighted by atomic mass is 9.55. The Balaban J connectivity index is 1.57. The van der Waals surface area contributed by atoms with Gasteiger partial charge in [0.1, 0.15) is 0 Å². The summed E-state index contributed by atoms with van der Waals surface area (Å²) >= 11 is 0. The minimum Gasteiger partial charge on any atom is -0.352 e. The van der Waals surface area contributed by atoms with E-state index in [1.165, 1.54) is 30.7 Å². The fraction of sp³-hybridized carbons (Fsp3) is 0.524. The molecule has 0 saturated heterocycles. The van der Waals surface area contributed by atoms with Crippen molar-refractivity contribution in [3.05, 3.63) is 30.5 Å². The highest BCUT2D eigenvalue weighted by Crippen LogP contribution is 2.68. The van der Waals surface area contributed by atoms with Crippen LogP contribution in [0.5, 0.6) is 0 Å². The van der Waals surface area contributed by atoms with E-state index in [0.717, 1.165) is 19.3 Å². The van der Waals surface area contributed by atoms with Gasteiger partial charge in [0.2, 0.25) is 5.91 Å². The summed E-state index contributed by atoms with van der Waals surface area (Å²) in [6.45, 7) is 2.11. The molecule has 1 aromatic heterocycles. The summed E-state index contributed by atoms with van der Waals surface area (Å²) in [4.78, 5) is 26.5. The van der Waals surface area contributed by atoms with Gasteiger partial charge in [-0.15, -0.1) is 0 Å². The summed E-state index contributed by atoms with van der Waals surface area (Å²) in [5.41, 5.74) is 9.21. The van der Waals surface area contributed by atoms with E-state index in [0.29, 0.717) is 23.3 Å². The van der Waals surface area contributed by atoms with Gasteiger partial charge < -0.3 is 16.4 Å². The minimum atomic E-state index is -0.482. The summed E-state index contributed by atoms with van der Waals surface area (Å²) in [7, 11) is 11.2. The first-order chi connectivity index (χ1) is 15.5. The van der Waals surface area contributed by atoms with Crippen LogP contribution in [0.15, 0.2) is 21.5 Å². The summed E-state index contributed by atoms with van der Waals surface area (Å²) in [5.74, 6) is 0.371. The number of carbonyl (C=O) groups is 2. The van der Waals surface area contributed by atoms with Crippen LogP contribution in [0.1, 0.15) is 39.0 Å². The van der Waals surface area contributed by atoms with Crippen LogP contribution in [0.4, 0.5) is 4.79 Å². The van der Waals surface area contributed by atoms with E-state index in [4.69, 9.17) is 5.73 Å². The molecule has 32 heavy (non-hydrogen) atoms. The Hall–Kier alpha value is -0.460. The van der Waals surface area contributed by atoms with Gasteiger partial charge in [0.15, 0.2) is 0 Å². The van der Waals surface area contributed by atoms with Crippen molar-refractivity contribution in [2.75, 3.05) is 0 Å². The fourth-order valence-electron chi connectivity index (χ4n) is 5.62. The van der Waals surface area contributed by atoms with Gasteiger partial charge in [0.25, 0.3) is 0 Å². The number of unbranched alkanes of at least 4 members (excludes halogenated alkanes) is 1. The van der Waals surface area contributed by atoms with Crippen molar-refractivity contribution < 1.29 is 9.59 Å². The van der Waals surface area contributed by atoms with Crippen LogP contribution in [0.2, 0.25) is 0 Å². The van der Waals surface area contributed by atoms with E-state index in [-0.39, 0.29) is 17.9 Å². The van der Waals surface area contributed by atoms with E-state index in [1.807, 2.05) is 63.9 Å². The second kappa shape index (κ2) is 8.34. The van der Waals surface area contributed by atoms with E-state index in [9.17, 15) is 9.59 Å². The number of primary amides is 1. The third-order valence-corrected chi connectivity index (χ3v) is 15.2. The third-order valence-electron chi connectivity index (χ3n) is 6.86. The molecule has 5 nitrogen and oxygen atoms in total. The Morgan fingerprint density at radius 3 is 2.91 bits per heavy atom. The number of fused-ring (bicyclic) bond motifs is 2. The smallest absolute Gasteiger partial charge is 0.312 e. The number of nitrogens with one attached hydrogen (secondary N) is 2. The number of amides is 3. The van der Waals surface area contributed by atoms with Crippen LogP contribution >= 0.6 is 63.9 Å². The molecule has 6 bridgehead atoms. The predicted molar refractivity (Wildman–Crippen MR) is 142 cm³/mol. The highest BCUT2D eigenvalue weighted by molar-refractivity contribution is 8.80. The van der Waals surface area contributed by atoms with Gasteiger partial charge >= 0.3 is 6.03 Å². The summed E-state index contributed by atoms with van der Waals surface area (Å²) in [6.07, 6.45) is 6.33. The maximum atomic E-state index is 13.2. The molecular formula is C21H23N3O2S6. The van der Waals surface area contributed by atoms with Gasteiger partial charge in [-0.2, -0.15) is 0 Å². The molecule has 1 aromatic rings. The van der Waals surface area contributed by atoms with Gasteiger partial charge in [0.05, 0.1) is 14.6 Å². The van der Waals surface area contributed by atoms with Crippen LogP contribution in [0, 0.1) is 5.92 Å². The van der Waals surface area contributed by atoms with Crippen molar-refractivity contribution in [3.8, 4) is 0 Å². The van der Waals surface area contributed by atoms with Crippen molar-refractivity contribution in [2.24, 2.45) is 11.7 Å². The molecular weight excluding hydrogens is 519 g/mol. The second-order valence-corrected chi connectivity index (χ2v) is 15.8. The number of urea groups is 1. The summed E-state index contributed by atoms with van der Waals surface area (Å²) < 4.78 is 2.62. The minimum absolute atomic E-state index is 0.0621. The summed E-state index contributed by atoms with van der Waals surface area (Å²) in [6, 6.07) is -0.544. The van der Waals surface area contributed by atoms with Crippen molar-refractivity contribution in [2.45, 2.75) is 61.1 Å². The van der Waals surface area contributed by atoms with Gasteiger partial charge in [-0.1, -0.05) is 77.2 Å². The Morgan fingerprint density at radius 1 is 1.28 bits per heavy atom. The average Bonchev–Trinajstić information content (AvgIpc) is 2.92. The average molecular weight is 542 g/mol. The molecule has 3 heterocycles. The Morgan fingerprint density at radius 2 is 2.16 bits per heavy atom. The lowest BCUT2D eigenvalue weighted by Gasteiger charge is -2.57. The molecule has 5 atom stereocenters. The molecule has 2 saturated carbocycles. The second-order valence-electron chi connectivity index (χ2n) is 8.82. The molecule has 3 aliphatic carbocycles. The molecule has 4 N–H and O–H groups in total. The van der Waals surface area contributed by atoms with Crippen LogP contribution in [0.25, 0.3) is 11.6 Å². The number of nitrogens with two attached hydrogens (primary N) is 1. The van der Waals surface area contributed by atoms with E-state index in [2.05, 4.69) is 29.0 Å². The lowest BCUT2D eigenvalue weighted by Crippen LogP contribution is -2.68. The monoisotopic (exact) mass is 541 g/mol. The number of rotatable bonds is 5. The zero-order chi connectivity index (χ0) is 22.0. The van der Waals surface area contributed by atoms with Crippen LogP contribution < -0.4 is 25.4 Å². The van der Waals surface area contributed by atoms with Crippen LogP contribution in [-0.4, -0.2) is 34.0 Å². The molecule has 3 amide bonds.